The highest BCUT2D eigenvalue weighted by atomic mass is 16.5. The fourth-order valence-corrected chi connectivity index (χ4v) is 47.6. The number of rotatable bonds is 4. The highest BCUT2D eigenvalue weighted by Gasteiger charge is 2.72. The van der Waals surface area contributed by atoms with E-state index in [1.165, 1.54) is 167 Å². The van der Waals surface area contributed by atoms with E-state index in [0.717, 1.165) is 173 Å². The van der Waals surface area contributed by atoms with Crippen molar-refractivity contribution in [2.75, 3.05) is 28.4 Å². The number of methoxy groups -OCH3 is 4. The number of aliphatic hydroxyl groups is 7. The maximum Gasteiger partial charge on any atom is 0.137 e. The number of hydrogen-bond acceptors (Lipinski definition) is 14. The molecule has 14 heteroatoms. The fourth-order valence-electron chi connectivity index (χ4n) is 47.6. The van der Waals surface area contributed by atoms with Crippen LogP contribution in [0.5, 0.6) is 0 Å². The van der Waals surface area contributed by atoms with E-state index in [1.54, 1.807) is 7.11 Å². The van der Waals surface area contributed by atoms with E-state index in [9.17, 15) is 50.6 Å². The summed E-state index contributed by atoms with van der Waals surface area (Å²) in [7, 11) is 7.58. The highest BCUT2D eigenvalue weighted by molar-refractivity contribution is 5.85. The minimum atomic E-state index is -0.361. The SMILES string of the molecule is CO[C@H]1C[C@@]2(C)[C@@H](CC[C@H]3[C@@H]4CC[C@@H](C)[C@@]4(C)CC(=O)[C@@H]32)C[C@@H]1O.CO[C@H]1C[C@]2(C)[C@@H](C)CC[C@H]2[C@@H]2CC[C@H]3C[C@H](O)[C@@H](C)C[C@]3(C)[C@H]21.CO[C@H]1C[C@]2(C)[C@@H](C)CC[C@H]2[C@@H]2CC[C@H]3C[C@H](O)[C@H](C)C[C@]3(C)[C@H]21.CO[C@H]1C[C@]2(C)[C@H](C)CC[C@H]2[C@@H]2CC[C@H]3C[C@H](O)[C@H](C)C[C@]3(C)[C@H]21.C[C@H]1C[C@@]2(C)[C@@H](CC[C@@H]3[C@@H]2[C@@H](O)C[C@]2(C)[C@@H](C)CC[C@@H]32)C[C@@H]1O.C[C@H]1C[C@@]2(C)[C@@H](CC[C@H]3[C@@H]4CC[C@H](C#N)[C@@]4(C)CC(=O)[C@@H]32)C[C@@H]1O. The van der Waals surface area contributed by atoms with Gasteiger partial charge in [-0.1, -0.05) is 152 Å². The maximum absolute atomic E-state index is 13.4. The lowest BCUT2D eigenvalue weighted by Crippen LogP contribution is -2.60. The first-order chi connectivity index (χ1) is 67.3. The molecule has 0 unspecified atom stereocenters. The van der Waals surface area contributed by atoms with Gasteiger partial charge in [0.2, 0.25) is 0 Å². The number of Topliss-reactive ketones (excluding diaryl/α,β-unsaturated/α-hetero) is 2. The largest absolute Gasteiger partial charge is 0.393 e. The molecular weight excluding hydrogens is 1770 g/mol. The van der Waals surface area contributed by atoms with Gasteiger partial charge < -0.3 is 54.7 Å². The Morgan fingerprint density at radius 2 is 0.469 bits per heavy atom. The molecule has 0 amide bonds. The van der Waals surface area contributed by atoms with E-state index >= 15 is 0 Å². The number of aliphatic hydroxyl groups excluding tert-OH is 7. The van der Waals surface area contributed by atoms with Crippen LogP contribution in [-0.4, -0.2) is 143 Å². The molecule has 814 valence electrons. The Balaban J connectivity index is 0.000000109. The number of nitrogens with zero attached hydrogens (tertiary/aromatic N) is 1. The highest BCUT2D eigenvalue weighted by Crippen LogP contribution is 2.77. The third kappa shape index (κ3) is 17.5. The van der Waals surface area contributed by atoms with Crippen molar-refractivity contribution in [1.29, 1.82) is 5.26 Å². The number of carbonyl (C=O) groups is 2. The molecule has 0 aromatic rings. The van der Waals surface area contributed by atoms with Gasteiger partial charge >= 0.3 is 0 Å². The van der Waals surface area contributed by atoms with Crippen LogP contribution in [0.2, 0.25) is 0 Å². The molecule has 0 aromatic heterocycles. The Morgan fingerprint density at radius 3 is 0.783 bits per heavy atom. The lowest BCUT2D eigenvalue weighted by Gasteiger charge is -2.63. The van der Waals surface area contributed by atoms with Gasteiger partial charge in [-0.15, -0.1) is 0 Å². The molecule has 0 heterocycles. The average molecular weight is 1990 g/mol. The molecule has 58 atom stereocenters. The summed E-state index contributed by atoms with van der Waals surface area (Å²) >= 11 is 0. The summed E-state index contributed by atoms with van der Waals surface area (Å²) in [5.41, 5.74) is 3.42. The van der Waals surface area contributed by atoms with Crippen LogP contribution in [0, 0.1) is 283 Å². The predicted octanol–water partition coefficient (Wildman–Crippen LogP) is 26.7. The van der Waals surface area contributed by atoms with Crippen LogP contribution in [0.3, 0.4) is 0 Å². The molecule has 0 bridgehead atoms. The summed E-state index contributed by atoms with van der Waals surface area (Å²) < 4.78 is 24.2. The molecule has 143 heavy (non-hydrogen) atoms. The van der Waals surface area contributed by atoms with E-state index in [0.29, 0.717) is 187 Å². The van der Waals surface area contributed by atoms with E-state index in [2.05, 4.69) is 158 Å². The molecule has 0 spiro atoms. The molecule has 24 aliphatic carbocycles. The molecule has 24 fully saturated rings. The summed E-state index contributed by atoms with van der Waals surface area (Å²) in [6.45, 7) is 53.0. The van der Waals surface area contributed by atoms with Crippen LogP contribution in [0.25, 0.3) is 0 Å². The van der Waals surface area contributed by atoms with E-state index in [1.807, 2.05) is 21.3 Å². The van der Waals surface area contributed by atoms with Crippen molar-refractivity contribution in [3.63, 3.8) is 0 Å². The minimum Gasteiger partial charge on any atom is -0.393 e. The molecule has 14 nitrogen and oxygen atoms in total. The first-order valence-corrected chi connectivity index (χ1v) is 61.6. The second-order valence-electron chi connectivity index (χ2n) is 61.7. The topological polar surface area (TPSA) is 236 Å². The standard InChI is InChI=1S/3C22H38O2.C21H31NO2.C21H34O3.C21H36O2/c3*1-13-11-22(4)15(10-18(13)23)7-8-16-17-9-6-14(2)21(17,3)12-19(24-5)20(16)22;1-12-9-21(3)13(8-17(12)23)4-6-15-16-7-5-14(11-22)20(16,2)10-18(24)19(15)21;1-12-5-8-15-14-7-6-13-9-16(22)18(24-4)11-21(13,3)19(14)17(23)10-20(12,15)2;1-12-10-21(4)14(9-17(12)22)6-7-15-16-8-5-13(2)20(16,3)11-18(23)19(15)21/h3*13-20,23H,6-12H2,1-5H3;12-17,19,23H,4-10H2,1-3H3;12-16,18-19,22H,5-11H2,1-4H3;12-19,22-23H,5-11H2,1-4H3/t13-,14+,15+,16+,17+,18+,19+,20-,21-,22+;13-,14-,15+,16+,17+,18+,19+,20-,21-,22+;13-,14-,15-,16-,17-,18-,19-,20+,21+,22-;12-,13-,14+,15-,16-,17-,19+,20+,21-;12-,13+,14+,15+,16+,18+,19-,20-,21+;12-,13-,14-,15-,16-,17-,18-,19+,20+,21-/m110010/s1. The Hall–Kier alpha value is -1.61. The molecule has 24 aliphatic rings. The van der Waals surface area contributed by atoms with Crippen molar-refractivity contribution in [1.82, 2.24) is 0 Å². The fraction of sp³-hybridized carbons (Fsp3) is 0.977. The molecule has 7 N–H and O–H groups in total. The molecule has 0 radical (unpaired) electrons. The van der Waals surface area contributed by atoms with Crippen LogP contribution in [-0.2, 0) is 28.5 Å². The van der Waals surface area contributed by atoms with Gasteiger partial charge in [-0.05, 0) is 511 Å². The summed E-state index contributed by atoms with van der Waals surface area (Å²) in [4.78, 5) is 26.7. The van der Waals surface area contributed by atoms with Gasteiger partial charge in [0, 0.05) is 53.1 Å². The van der Waals surface area contributed by atoms with Gasteiger partial charge in [-0.2, -0.15) is 5.26 Å². The lowest BCUT2D eigenvalue weighted by molar-refractivity contribution is -0.192. The van der Waals surface area contributed by atoms with E-state index < -0.39 is 0 Å². The van der Waals surface area contributed by atoms with Crippen molar-refractivity contribution in [3.8, 4) is 6.07 Å². The van der Waals surface area contributed by atoms with Crippen LogP contribution < -0.4 is 0 Å². The summed E-state index contributed by atoms with van der Waals surface area (Å²) in [5.74, 6) is 22.8. The number of ether oxygens (including phenoxy) is 4. The number of nitriles is 1. The van der Waals surface area contributed by atoms with Gasteiger partial charge in [-0.25, -0.2) is 0 Å². The number of fused-ring (bicyclic) bond motifs is 30. The van der Waals surface area contributed by atoms with Gasteiger partial charge in [-0.3, -0.25) is 9.59 Å². The zero-order valence-electron chi connectivity index (χ0n) is 95.8. The minimum absolute atomic E-state index is 0.0209. The van der Waals surface area contributed by atoms with Gasteiger partial charge in [0.05, 0.1) is 79.1 Å². The molecule has 0 aliphatic heterocycles. The molecule has 0 aromatic carbocycles. The third-order valence-corrected chi connectivity index (χ3v) is 56.5. The Morgan fingerprint density at radius 1 is 0.238 bits per heavy atom. The zero-order valence-corrected chi connectivity index (χ0v) is 95.8. The number of carbonyl (C=O) groups excluding carboxylic acids is 2. The maximum atomic E-state index is 13.4. The summed E-state index contributed by atoms with van der Waals surface area (Å²) in [6.07, 6.45) is 49.8. The Kier molecular flexibility index (Phi) is 30.6. The predicted molar refractivity (Wildman–Crippen MR) is 571 cm³/mol. The Bertz CT molecular complexity index is 4280. The van der Waals surface area contributed by atoms with Crippen LogP contribution >= 0.6 is 0 Å². The van der Waals surface area contributed by atoms with Crippen molar-refractivity contribution in [3.05, 3.63) is 0 Å². The molecule has 24 saturated carbocycles. The molecule has 24 rings (SSSR count). The lowest BCUT2D eigenvalue weighted by atomic mass is 9.43. The molecule has 0 saturated heterocycles. The van der Waals surface area contributed by atoms with Crippen LogP contribution in [0.15, 0.2) is 0 Å². The monoisotopic (exact) mass is 1990 g/mol. The van der Waals surface area contributed by atoms with Gasteiger partial charge in [0.15, 0.2) is 0 Å². The zero-order chi connectivity index (χ0) is 103. The summed E-state index contributed by atoms with van der Waals surface area (Å²) in [6, 6.07) is 2.51. The van der Waals surface area contributed by atoms with Gasteiger partial charge in [0.25, 0.3) is 0 Å². The Labute approximate surface area is 871 Å². The second kappa shape index (κ2) is 39.9. The summed E-state index contributed by atoms with van der Waals surface area (Å²) in [5, 5.41) is 83.2. The van der Waals surface area contributed by atoms with Crippen molar-refractivity contribution >= 4 is 11.6 Å². The molecular formula is C129H215NO13. The second-order valence-corrected chi connectivity index (χ2v) is 61.7. The van der Waals surface area contributed by atoms with Gasteiger partial charge in [0.1, 0.15) is 11.6 Å². The van der Waals surface area contributed by atoms with Crippen LogP contribution in [0.4, 0.5) is 0 Å². The van der Waals surface area contributed by atoms with Crippen molar-refractivity contribution in [2.24, 2.45) is 272 Å². The normalized spacial score (nSPS) is 59.5. The number of ketones is 2. The third-order valence-electron chi connectivity index (χ3n) is 56.5. The van der Waals surface area contributed by atoms with Crippen molar-refractivity contribution < 1.29 is 64.3 Å². The van der Waals surface area contributed by atoms with E-state index in [-0.39, 0.29) is 93.7 Å². The van der Waals surface area contributed by atoms with Crippen molar-refractivity contribution in [2.45, 2.75) is 489 Å². The first-order valence-electron chi connectivity index (χ1n) is 61.6. The van der Waals surface area contributed by atoms with E-state index in [4.69, 9.17) is 18.9 Å². The quantitative estimate of drug-likeness (QED) is 0.139. The smallest absolute Gasteiger partial charge is 0.137 e. The number of hydrogen-bond donors (Lipinski definition) is 7. The first kappa shape index (κ1) is 110. The van der Waals surface area contributed by atoms with Crippen LogP contribution in [0.1, 0.15) is 422 Å². The average Bonchev–Trinajstić information content (AvgIpc) is 1.65.